The number of rotatable bonds is 8. The third-order valence-electron chi connectivity index (χ3n) is 3.04. The largest absolute Gasteiger partial charge is 0.484 e. The van der Waals surface area contributed by atoms with Gasteiger partial charge in [-0.1, -0.05) is 29.4 Å². The lowest BCUT2D eigenvalue weighted by atomic mass is 10.3. The molecule has 0 bridgehead atoms. The molecule has 126 valence electrons. The van der Waals surface area contributed by atoms with Crippen molar-refractivity contribution in [1.29, 1.82) is 0 Å². The van der Waals surface area contributed by atoms with Crippen LogP contribution < -0.4 is 10.1 Å². The van der Waals surface area contributed by atoms with Crippen molar-refractivity contribution in [3.63, 3.8) is 0 Å². The van der Waals surface area contributed by atoms with E-state index < -0.39 is 0 Å². The molecule has 0 atom stereocenters. The third kappa shape index (κ3) is 5.28. The SMILES string of the molecule is C=CCN(CC(=O)Nc1cc(C)on1)C(=O)COc1ccccc1. The van der Waals surface area contributed by atoms with Gasteiger partial charge in [0.2, 0.25) is 5.91 Å². The molecule has 2 amide bonds. The number of para-hydroxylation sites is 1. The Morgan fingerprint density at radius 2 is 2.12 bits per heavy atom. The fourth-order valence-electron chi connectivity index (χ4n) is 1.94. The van der Waals surface area contributed by atoms with Crippen molar-refractivity contribution < 1.29 is 18.8 Å². The monoisotopic (exact) mass is 329 g/mol. The molecule has 2 rings (SSSR count). The van der Waals surface area contributed by atoms with E-state index in [9.17, 15) is 9.59 Å². The molecule has 1 heterocycles. The van der Waals surface area contributed by atoms with Crippen molar-refractivity contribution in [1.82, 2.24) is 10.1 Å². The van der Waals surface area contributed by atoms with Crippen LogP contribution in [-0.2, 0) is 9.59 Å². The molecular formula is C17H19N3O4. The van der Waals surface area contributed by atoms with Crippen LogP contribution in [0.4, 0.5) is 5.82 Å². The molecule has 0 unspecified atom stereocenters. The highest BCUT2D eigenvalue weighted by atomic mass is 16.5. The number of aromatic nitrogens is 1. The van der Waals surface area contributed by atoms with Crippen LogP contribution in [-0.4, -0.2) is 41.6 Å². The Morgan fingerprint density at radius 1 is 1.38 bits per heavy atom. The zero-order valence-corrected chi connectivity index (χ0v) is 13.4. The predicted molar refractivity (Wildman–Crippen MR) is 88.6 cm³/mol. The lowest BCUT2D eigenvalue weighted by Gasteiger charge is -2.20. The molecule has 0 saturated heterocycles. The quantitative estimate of drug-likeness (QED) is 0.749. The van der Waals surface area contributed by atoms with Crippen molar-refractivity contribution in [2.24, 2.45) is 0 Å². The van der Waals surface area contributed by atoms with Crippen molar-refractivity contribution in [2.75, 3.05) is 25.0 Å². The summed E-state index contributed by atoms with van der Waals surface area (Å²) in [5, 5.41) is 6.24. The highest BCUT2D eigenvalue weighted by Crippen LogP contribution is 2.09. The van der Waals surface area contributed by atoms with Gasteiger partial charge in [0.25, 0.3) is 5.91 Å². The topological polar surface area (TPSA) is 84.7 Å². The average Bonchev–Trinajstić information content (AvgIpc) is 2.98. The lowest BCUT2D eigenvalue weighted by Crippen LogP contribution is -2.40. The number of anilines is 1. The predicted octanol–water partition coefficient (Wildman–Crippen LogP) is 2.02. The first-order valence-corrected chi connectivity index (χ1v) is 7.38. The molecule has 1 aromatic carbocycles. The fraction of sp³-hybridized carbons (Fsp3) is 0.235. The molecule has 0 saturated carbocycles. The summed E-state index contributed by atoms with van der Waals surface area (Å²) in [5.74, 6) is 0.792. The Balaban J connectivity index is 1.88. The van der Waals surface area contributed by atoms with Gasteiger partial charge in [-0.05, 0) is 19.1 Å². The number of ether oxygens (including phenoxy) is 1. The summed E-state index contributed by atoms with van der Waals surface area (Å²) in [5.41, 5.74) is 0. The van der Waals surface area contributed by atoms with E-state index in [2.05, 4.69) is 17.1 Å². The molecule has 0 aliphatic rings. The molecule has 1 N–H and O–H groups in total. The van der Waals surface area contributed by atoms with Gasteiger partial charge in [0, 0.05) is 12.6 Å². The first-order valence-electron chi connectivity index (χ1n) is 7.38. The molecule has 0 aliphatic heterocycles. The summed E-state index contributed by atoms with van der Waals surface area (Å²) in [4.78, 5) is 25.6. The van der Waals surface area contributed by atoms with Gasteiger partial charge >= 0.3 is 0 Å². The molecule has 0 radical (unpaired) electrons. The maximum Gasteiger partial charge on any atom is 0.261 e. The second-order valence-corrected chi connectivity index (χ2v) is 5.04. The van der Waals surface area contributed by atoms with Gasteiger partial charge in [0.1, 0.15) is 18.1 Å². The van der Waals surface area contributed by atoms with Crippen molar-refractivity contribution in [2.45, 2.75) is 6.92 Å². The fourth-order valence-corrected chi connectivity index (χ4v) is 1.94. The van der Waals surface area contributed by atoms with Crippen molar-refractivity contribution in [3.8, 4) is 5.75 Å². The summed E-state index contributed by atoms with van der Waals surface area (Å²) in [7, 11) is 0. The molecule has 0 spiro atoms. The summed E-state index contributed by atoms with van der Waals surface area (Å²) >= 11 is 0. The van der Waals surface area contributed by atoms with Crippen LogP contribution in [0.3, 0.4) is 0 Å². The minimum absolute atomic E-state index is 0.130. The number of nitrogens with one attached hydrogen (secondary N) is 1. The van der Waals surface area contributed by atoms with Crippen molar-refractivity contribution >= 4 is 17.6 Å². The van der Waals surface area contributed by atoms with Gasteiger partial charge in [-0.15, -0.1) is 6.58 Å². The van der Waals surface area contributed by atoms with Crippen LogP contribution in [0.5, 0.6) is 5.75 Å². The smallest absolute Gasteiger partial charge is 0.261 e. The van der Waals surface area contributed by atoms with E-state index in [1.54, 1.807) is 31.2 Å². The summed E-state index contributed by atoms with van der Waals surface area (Å²) in [6, 6.07) is 10.6. The van der Waals surface area contributed by atoms with Crippen LogP contribution >= 0.6 is 0 Å². The van der Waals surface area contributed by atoms with Crippen molar-refractivity contribution in [3.05, 3.63) is 54.8 Å². The second kappa shape index (κ2) is 8.52. The zero-order chi connectivity index (χ0) is 17.4. The Bertz CT molecular complexity index is 697. The number of carbonyl (C=O) groups is 2. The van der Waals surface area contributed by atoms with Gasteiger partial charge in [-0.3, -0.25) is 9.59 Å². The second-order valence-electron chi connectivity index (χ2n) is 5.04. The highest BCUT2D eigenvalue weighted by molar-refractivity contribution is 5.94. The van der Waals surface area contributed by atoms with Crippen LogP contribution in [0.15, 0.2) is 53.6 Å². The molecule has 0 aliphatic carbocycles. The van der Waals surface area contributed by atoms with E-state index in [4.69, 9.17) is 9.26 Å². The summed E-state index contributed by atoms with van der Waals surface area (Å²) in [6.45, 7) is 5.27. The average molecular weight is 329 g/mol. The minimum atomic E-state index is -0.377. The molecule has 7 heteroatoms. The van der Waals surface area contributed by atoms with Gasteiger partial charge < -0.3 is 19.5 Å². The standard InChI is InChI=1S/C17H19N3O4/c1-3-9-20(11-16(21)18-15-10-13(2)24-19-15)17(22)12-23-14-7-5-4-6-8-14/h3-8,10H,1,9,11-12H2,2H3,(H,18,19,21). The third-order valence-corrected chi connectivity index (χ3v) is 3.04. The Kier molecular flexibility index (Phi) is 6.13. The minimum Gasteiger partial charge on any atom is -0.484 e. The number of carbonyl (C=O) groups excluding carboxylic acids is 2. The first-order chi connectivity index (χ1) is 11.6. The highest BCUT2D eigenvalue weighted by Gasteiger charge is 2.17. The van der Waals surface area contributed by atoms with Gasteiger partial charge in [-0.2, -0.15) is 0 Å². The number of benzene rings is 1. The molecule has 0 fully saturated rings. The molecule has 7 nitrogen and oxygen atoms in total. The maximum absolute atomic E-state index is 12.2. The van der Waals surface area contributed by atoms with Gasteiger partial charge in [0.05, 0.1) is 0 Å². The van der Waals surface area contributed by atoms with Gasteiger partial charge in [0.15, 0.2) is 12.4 Å². The number of nitrogens with zero attached hydrogens (tertiary/aromatic N) is 2. The zero-order valence-electron chi connectivity index (χ0n) is 13.4. The van der Waals surface area contributed by atoms with E-state index in [1.165, 1.54) is 4.90 Å². The summed E-state index contributed by atoms with van der Waals surface area (Å²) < 4.78 is 10.3. The Morgan fingerprint density at radius 3 is 2.75 bits per heavy atom. The number of hydrogen-bond donors (Lipinski definition) is 1. The van der Waals surface area contributed by atoms with Crippen LogP contribution in [0.25, 0.3) is 0 Å². The number of aryl methyl sites for hydroxylation is 1. The Hall–Kier alpha value is -3.09. The maximum atomic E-state index is 12.2. The van der Waals surface area contributed by atoms with Crippen LogP contribution in [0, 0.1) is 6.92 Å². The van der Waals surface area contributed by atoms with E-state index in [0.29, 0.717) is 17.3 Å². The molecular weight excluding hydrogens is 310 g/mol. The molecule has 24 heavy (non-hydrogen) atoms. The number of amides is 2. The molecule has 2 aromatic rings. The van der Waals surface area contributed by atoms with E-state index in [1.807, 2.05) is 18.2 Å². The van der Waals surface area contributed by atoms with Crippen LogP contribution in [0.1, 0.15) is 5.76 Å². The first kappa shape index (κ1) is 17.3. The van der Waals surface area contributed by atoms with E-state index in [-0.39, 0.29) is 31.5 Å². The lowest BCUT2D eigenvalue weighted by molar-refractivity contribution is -0.135. The molecule has 1 aromatic heterocycles. The van der Waals surface area contributed by atoms with Crippen LogP contribution in [0.2, 0.25) is 0 Å². The number of hydrogen-bond acceptors (Lipinski definition) is 5. The summed E-state index contributed by atoms with van der Waals surface area (Å²) in [6.07, 6.45) is 1.55. The van der Waals surface area contributed by atoms with E-state index >= 15 is 0 Å². The van der Waals surface area contributed by atoms with E-state index in [0.717, 1.165) is 0 Å². The normalized spacial score (nSPS) is 10.0. The Labute approximate surface area is 139 Å². The van der Waals surface area contributed by atoms with Gasteiger partial charge in [-0.25, -0.2) is 0 Å².